The highest BCUT2D eigenvalue weighted by Gasteiger charge is 2.30. The second-order valence-electron chi connectivity index (χ2n) is 12.4. The molecule has 2 aromatic carbocycles. The van der Waals surface area contributed by atoms with Crippen LogP contribution in [0.15, 0.2) is 84.3 Å². The summed E-state index contributed by atoms with van der Waals surface area (Å²) in [7, 11) is -3.99. The van der Waals surface area contributed by atoms with Gasteiger partial charge in [0.25, 0.3) is 15.9 Å². The van der Waals surface area contributed by atoms with Crippen molar-refractivity contribution >= 4 is 27.4 Å². The second kappa shape index (κ2) is 13.1. The van der Waals surface area contributed by atoms with Gasteiger partial charge in [-0.3, -0.25) is 19.3 Å². The van der Waals surface area contributed by atoms with Crippen molar-refractivity contribution in [1.82, 2.24) is 15.0 Å². The number of sulfonamides is 1. The molecular weight excluding hydrogens is 578 g/mol. The van der Waals surface area contributed by atoms with Crippen LogP contribution in [0.3, 0.4) is 0 Å². The molecule has 0 aliphatic rings. The van der Waals surface area contributed by atoms with E-state index in [-0.39, 0.29) is 41.1 Å². The first-order valence-electron chi connectivity index (χ1n) is 14.2. The number of hydroxylamine groups is 1. The number of pyridine rings is 1. The maximum absolute atomic E-state index is 13.5. The van der Waals surface area contributed by atoms with Crippen LogP contribution in [0.5, 0.6) is 5.88 Å². The third-order valence-corrected chi connectivity index (χ3v) is 8.02. The van der Waals surface area contributed by atoms with Crippen molar-refractivity contribution < 1.29 is 22.8 Å². The molecule has 0 saturated heterocycles. The lowest BCUT2D eigenvalue weighted by Gasteiger charge is -2.28. The minimum Gasteiger partial charge on any atom is -0.475 e. The Kier molecular flexibility index (Phi) is 9.70. The van der Waals surface area contributed by atoms with Gasteiger partial charge in [0, 0.05) is 11.6 Å². The van der Waals surface area contributed by atoms with Crippen molar-refractivity contribution in [2.45, 2.75) is 58.8 Å². The molecule has 0 radical (unpaired) electrons. The molecule has 11 heteroatoms. The summed E-state index contributed by atoms with van der Waals surface area (Å²) in [6, 6.07) is 17.7. The Labute approximate surface area is 259 Å². The molecule has 0 spiro atoms. The number of carbonyl (C=O) groups excluding carboxylic acids is 1. The molecule has 232 valence electrons. The van der Waals surface area contributed by atoms with Gasteiger partial charge < -0.3 is 4.74 Å². The number of benzene rings is 2. The lowest BCUT2D eigenvalue weighted by Crippen LogP contribution is -2.40. The number of nitrogens with one attached hydrogen (secondary N) is 1. The summed E-state index contributed by atoms with van der Waals surface area (Å²) in [6.07, 6.45) is 4.39. The average molecular weight is 618 g/mol. The Hall–Kier alpha value is -4.35. The van der Waals surface area contributed by atoms with E-state index in [0.29, 0.717) is 16.8 Å². The van der Waals surface area contributed by atoms with Gasteiger partial charge in [0.1, 0.15) is 19.5 Å². The maximum Gasteiger partial charge on any atom is 0.263 e. The third-order valence-electron chi connectivity index (χ3n) is 6.66. The van der Waals surface area contributed by atoms with Gasteiger partial charge in [-0.25, -0.2) is 18.4 Å². The first kappa shape index (κ1) is 32.6. The van der Waals surface area contributed by atoms with Crippen molar-refractivity contribution in [1.29, 1.82) is 0 Å². The van der Waals surface area contributed by atoms with Crippen molar-refractivity contribution in [3.8, 4) is 17.0 Å². The second-order valence-corrected chi connectivity index (χ2v) is 14.1. The molecule has 2 aromatic heterocycles. The molecular formula is C33H39N5O5S. The third kappa shape index (κ3) is 7.97. The summed E-state index contributed by atoms with van der Waals surface area (Å²) >= 11 is 0. The van der Waals surface area contributed by atoms with E-state index in [1.807, 2.05) is 43.3 Å². The van der Waals surface area contributed by atoms with Gasteiger partial charge >= 0.3 is 0 Å². The Morgan fingerprint density at radius 1 is 0.909 bits per heavy atom. The summed E-state index contributed by atoms with van der Waals surface area (Å²) in [4.78, 5) is 31.8. The van der Waals surface area contributed by atoms with Gasteiger partial charge in [-0.1, -0.05) is 83.5 Å². The molecule has 1 amide bonds. The average Bonchev–Trinajstić information content (AvgIpc) is 2.97. The molecule has 0 aliphatic carbocycles. The summed E-state index contributed by atoms with van der Waals surface area (Å²) < 4.78 is 35.6. The number of ether oxygens (including phenoxy) is 1. The van der Waals surface area contributed by atoms with Crippen molar-refractivity contribution in [3.63, 3.8) is 0 Å². The molecule has 0 bridgehead atoms. The highest BCUT2D eigenvalue weighted by atomic mass is 32.2. The highest BCUT2D eigenvalue weighted by molar-refractivity contribution is 7.92. The van der Waals surface area contributed by atoms with Crippen molar-refractivity contribution in [3.05, 3.63) is 90.5 Å². The maximum atomic E-state index is 13.5. The van der Waals surface area contributed by atoms with Crippen LogP contribution in [0.1, 0.15) is 52.7 Å². The number of aryl methyl sites for hydroxylation is 1. The van der Waals surface area contributed by atoms with Crippen molar-refractivity contribution in [2.24, 2.45) is 5.41 Å². The fourth-order valence-electron chi connectivity index (χ4n) is 4.15. The fraction of sp³-hybridized carbons (Fsp3) is 0.333. The van der Waals surface area contributed by atoms with E-state index in [1.165, 1.54) is 11.4 Å². The van der Waals surface area contributed by atoms with Crippen LogP contribution in [0.25, 0.3) is 11.1 Å². The Morgan fingerprint density at radius 2 is 1.59 bits per heavy atom. The highest BCUT2D eigenvalue weighted by Crippen LogP contribution is 2.35. The quantitative estimate of drug-likeness (QED) is 0.162. The molecule has 0 fully saturated rings. The molecule has 0 unspecified atom stereocenters. The Balaban J connectivity index is 1.59. The number of anilines is 2. The van der Waals surface area contributed by atoms with Gasteiger partial charge in [0.15, 0.2) is 5.82 Å². The van der Waals surface area contributed by atoms with E-state index in [0.717, 1.165) is 11.1 Å². The van der Waals surface area contributed by atoms with Gasteiger partial charge in [0.05, 0.1) is 22.3 Å². The minimum atomic E-state index is -3.99. The zero-order valence-electron chi connectivity index (χ0n) is 26.2. The molecule has 2 heterocycles. The molecule has 44 heavy (non-hydrogen) atoms. The van der Waals surface area contributed by atoms with Gasteiger partial charge in [0.2, 0.25) is 5.88 Å². The topological polar surface area (TPSA) is 124 Å². The molecule has 0 aliphatic heterocycles. The van der Waals surface area contributed by atoms with E-state index in [1.54, 1.807) is 57.4 Å². The number of hydrogen-bond donors (Lipinski definition) is 1. The summed E-state index contributed by atoms with van der Waals surface area (Å²) in [6.45, 7) is 13.6. The zero-order valence-corrected chi connectivity index (χ0v) is 27.0. The smallest absolute Gasteiger partial charge is 0.263 e. The fourth-order valence-corrected chi connectivity index (χ4v) is 5.17. The zero-order chi connectivity index (χ0) is 32.1. The van der Waals surface area contributed by atoms with Gasteiger partial charge in [-0.15, -0.1) is 0 Å². The van der Waals surface area contributed by atoms with Gasteiger partial charge in [-0.05, 0) is 47.7 Å². The Morgan fingerprint density at radius 3 is 2.18 bits per heavy atom. The number of nitrogens with zero attached hydrogens (tertiary/aromatic N) is 4. The first-order chi connectivity index (χ1) is 20.7. The monoisotopic (exact) mass is 617 g/mol. The van der Waals surface area contributed by atoms with Crippen LogP contribution in [0, 0.1) is 12.3 Å². The van der Waals surface area contributed by atoms with Crippen LogP contribution in [0.2, 0.25) is 0 Å². The van der Waals surface area contributed by atoms with Crippen LogP contribution in [0.4, 0.5) is 11.5 Å². The standard InChI is InChI=1S/C33H39N5O5S/c1-23-10-12-24(13-11-23)28-29(37-44(40,41)27-16-14-25(15-17-27)32(2,3)4)35-22-36-30(28)42-19-20-43-38(31(39)33(5,6)7)26-9-8-18-34-21-26/h8-18,21-22H,19-20H2,1-7H3,(H,35,36,37). The predicted octanol–water partition coefficient (Wildman–Crippen LogP) is 6.34. The number of hydrogen-bond acceptors (Lipinski definition) is 8. The largest absolute Gasteiger partial charge is 0.475 e. The van der Waals surface area contributed by atoms with Crippen LogP contribution in [-0.4, -0.2) is 42.5 Å². The van der Waals surface area contributed by atoms with E-state index in [9.17, 15) is 13.2 Å². The SMILES string of the molecule is Cc1ccc(-c2c(NS(=O)(=O)c3ccc(C(C)(C)C)cc3)ncnc2OCCON(C(=O)C(C)(C)C)c2cccnc2)cc1. The van der Waals surface area contributed by atoms with Crippen LogP contribution in [-0.2, 0) is 25.1 Å². The number of carbonyl (C=O) groups is 1. The lowest BCUT2D eigenvalue weighted by molar-refractivity contribution is -0.134. The summed E-state index contributed by atoms with van der Waals surface area (Å²) in [5.41, 5.74) is 2.74. The molecule has 0 saturated carbocycles. The molecule has 4 rings (SSSR count). The molecule has 10 nitrogen and oxygen atoms in total. The van der Waals surface area contributed by atoms with E-state index >= 15 is 0 Å². The lowest BCUT2D eigenvalue weighted by atomic mass is 9.87. The molecule has 4 aromatic rings. The van der Waals surface area contributed by atoms with E-state index < -0.39 is 15.4 Å². The van der Waals surface area contributed by atoms with Gasteiger partial charge in [-0.2, -0.15) is 5.06 Å². The number of amides is 1. The first-order valence-corrected chi connectivity index (χ1v) is 15.7. The predicted molar refractivity (Wildman–Crippen MR) is 171 cm³/mol. The summed E-state index contributed by atoms with van der Waals surface area (Å²) in [5.74, 6) is -0.0250. The number of aromatic nitrogens is 3. The number of rotatable bonds is 10. The molecule has 1 N–H and O–H groups in total. The van der Waals surface area contributed by atoms with E-state index in [4.69, 9.17) is 9.57 Å². The van der Waals surface area contributed by atoms with Crippen LogP contribution >= 0.6 is 0 Å². The van der Waals surface area contributed by atoms with Crippen LogP contribution < -0.4 is 14.5 Å². The van der Waals surface area contributed by atoms with E-state index in [2.05, 4.69) is 40.4 Å². The normalized spacial score (nSPS) is 12.1. The minimum absolute atomic E-state index is 0.00448. The molecule has 0 atom stereocenters. The summed E-state index contributed by atoms with van der Waals surface area (Å²) in [5, 5.41) is 1.21. The Bertz CT molecular complexity index is 1680. The van der Waals surface area contributed by atoms with Crippen molar-refractivity contribution in [2.75, 3.05) is 23.0 Å².